The van der Waals surface area contributed by atoms with Crippen molar-refractivity contribution in [3.05, 3.63) is 29.3 Å². The minimum absolute atomic E-state index is 0.982. The summed E-state index contributed by atoms with van der Waals surface area (Å²) in [5.41, 5.74) is 2.70. The fourth-order valence-electron chi connectivity index (χ4n) is 3.06. The highest BCUT2D eigenvalue weighted by molar-refractivity contribution is 5.37. The van der Waals surface area contributed by atoms with Gasteiger partial charge in [0.25, 0.3) is 0 Å². The summed E-state index contributed by atoms with van der Waals surface area (Å²) in [4.78, 5) is 7.19. The van der Waals surface area contributed by atoms with Gasteiger partial charge in [0, 0.05) is 32.7 Å². The van der Waals surface area contributed by atoms with Gasteiger partial charge in [-0.2, -0.15) is 0 Å². The predicted octanol–water partition coefficient (Wildman–Crippen LogP) is 1.94. The first-order valence-electron chi connectivity index (χ1n) is 8.30. The summed E-state index contributed by atoms with van der Waals surface area (Å²) in [7, 11) is 8.19. The Balaban J connectivity index is 1.87. The van der Waals surface area contributed by atoms with Crippen molar-refractivity contribution >= 4 is 0 Å². The molecule has 1 heterocycles. The Kier molecular flexibility index (Phi) is 6.68. The molecular formula is C18H31N3O. The molecule has 0 spiro atoms. The van der Waals surface area contributed by atoms with Crippen LogP contribution in [0.2, 0.25) is 0 Å². The van der Waals surface area contributed by atoms with Crippen molar-refractivity contribution in [2.75, 3.05) is 61.0 Å². The lowest BCUT2D eigenvalue weighted by atomic mass is 10.0. The zero-order valence-corrected chi connectivity index (χ0v) is 14.6. The lowest BCUT2D eigenvalue weighted by molar-refractivity contribution is 0.153. The highest BCUT2D eigenvalue weighted by atomic mass is 16.5. The number of rotatable bonds is 7. The number of ether oxygens (including phenoxy) is 1. The van der Waals surface area contributed by atoms with Crippen molar-refractivity contribution < 1.29 is 4.74 Å². The molecule has 4 heteroatoms. The number of aryl methyl sites for hydroxylation is 1. The second-order valence-corrected chi connectivity index (χ2v) is 6.63. The molecule has 0 atom stereocenters. The first kappa shape index (κ1) is 17.3. The Morgan fingerprint density at radius 1 is 1.14 bits per heavy atom. The molecule has 124 valence electrons. The lowest BCUT2D eigenvalue weighted by Gasteiger charge is -2.32. The third-order valence-corrected chi connectivity index (χ3v) is 4.36. The molecule has 1 saturated heterocycles. The smallest absolute Gasteiger partial charge is 0.122 e. The summed E-state index contributed by atoms with van der Waals surface area (Å²) in [5, 5.41) is 0. The summed E-state index contributed by atoms with van der Waals surface area (Å²) < 4.78 is 5.53. The van der Waals surface area contributed by atoms with Crippen molar-refractivity contribution in [1.82, 2.24) is 14.7 Å². The van der Waals surface area contributed by atoms with Crippen LogP contribution in [0.15, 0.2) is 18.2 Å². The monoisotopic (exact) mass is 305 g/mol. The molecule has 1 aromatic carbocycles. The van der Waals surface area contributed by atoms with E-state index in [1.807, 2.05) is 0 Å². The van der Waals surface area contributed by atoms with Crippen molar-refractivity contribution in [2.45, 2.75) is 19.4 Å². The fraction of sp³-hybridized carbons (Fsp3) is 0.667. The summed E-state index contributed by atoms with van der Waals surface area (Å²) in [6.07, 6.45) is 2.29. The molecule has 0 radical (unpaired) electrons. The Morgan fingerprint density at radius 3 is 2.50 bits per heavy atom. The summed E-state index contributed by atoms with van der Waals surface area (Å²) in [6.45, 7) is 6.97. The Hall–Kier alpha value is -1.10. The SMILES string of the molecule is COc1ccc(CN(C)C)cc1CCCN1CCN(C)CC1. The van der Waals surface area contributed by atoms with Crippen LogP contribution in [0.5, 0.6) is 5.75 Å². The van der Waals surface area contributed by atoms with E-state index in [0.29, 0.717) is 0 Å². The second-order valence-electron chi connectivity index (χ2n) is 6.63. The van der Waals surface area contributed by atoms with Gasteiger partial charge < -0.3 is 19.4 Å². The van der Waals surface area contributed by atoms with Crippen molar-refractivity contribution in [1.29, 1.82) is 0 Å². The minimum atomic E-state index is 0.982. The maximum atomic E-state index is 5.53. The van der Waals surface area contributed by atoms with Crippen LogP contribution in [-0.2, 0) is 13.0 Å². The van der Waals surface area contributed by atoms with Crippen LogP contribution in [0.4, 0.5) is 0 Å². The van der Waals surface area contributed by atoms with Gasteiger partial charge in [-0.25, -0.2) is 0 Å². The lowest BCUT2D eigenvalue weighted by Crippen LogP contribution is -2.44. The highest BCUT2D eigenvalue weighted by Crippen LogP contribution is 2.22. The van der Waals surface area contributed by atoms with Gasteiger partial charge in [-0.3, -0.25) is 0 Å². The molecule has 0 N–H and O–H groups in total. The van der Waals surface area contributed by atoms with E-state index in [1.165, 1.54) is 50.3 Å². The number of likely N-dealkylation sites (N-methyl/N-ethyl adjacent to an activating group) is 1. The molecule has 0 aromatic heterocycles. The van der Waals surface area contributed by atoms with Crippen LogP contribution >= 0.6 is 0 Å². The van der Waals surface area contributed by atoms with E-state index in [-0.39, 0.29) is 0 Å². The van der Waals surface area contributed by atoms with Gasteiger partial charge >= 0.3 is 0 Å². The summed E-state index contributed by atoms with van der Waals surface area (Å²) in [5.74, 6) is 1.03. The average molecular weight is 305 g/mol. The van der Waals surface area contributed by atoms with Gasteiger partial charge in [0.2, 0.25) is 0 Å². The second kappa shape index (κ2) is 8.51. The Bertz CT molecular complexity index is 454. The molecule has 0 amide bonds. The maximum Gasteiger partial charge on any atom is 0.122 e. The van der Waals surface area contributed by atoms with Gasteiger partial charge in [0.15, 0.2) is 0 Å². The van der Waals surface area contributed by atoms with Crippen LogP contribution < -0.4 is 4.74 Å². The molecule has 0 saturated carbocycles. The molecule has 0 unspecified atom stereocenters. The van der Waals surface area contributed by atoms with Crippen molar-refractivity contribution in [3.63, 3.8) is 0 Å². The van der Waals surface area contributed by atoms with Crippen LogP contribution in [0.3, 0.4) is 0 Å². The van der Waals surface area contributed by atoms with Gasteiger partial charge in [-0.1, -0.05) is 12.1 Å². The first-order valence-corrected chi connectivity index (χ1v) is 8.30. The van der Waals surface area contributed by atoms with Crippen molar-refractivity contribution in [3.8, 4) is 5.75 Å². The van der Waals surface area contributed by atoms with Crippen LogP contribution in [0, 0.1) is 0 Å². The summed E-state index contributed by atoms with van der Waals surface area (Å²) >= 11 is 0. The number of hydrogen-bond donors (Lipinski definition) is 0. The third kappa shape index (κ3) is 5.27. The van der Waals surface area contributed by atoms with E-state index in [4.69, 9.17) is 4.74 Å². The van der Waals surface area contributed by atoms with E-state index in [1.54, 1.807) is 7.11 Å². The normalized spacial score (nSPS) is 17.1. The van der Waals surface area contributed by atoms with E-state index >= 15 is 0 Å². The van der Waals surface area contributed by atoms with Gasteiger partial charge in [0.05, 0.1) is 7.11 Å². The van der Waals surface area contributed by atoms with E-state index in [0.717, 1.165) is 18.7 Å². The quantitative estimate of drug-likeness (QED) is 0.766. The standard InChI is InChI=1S/C18H31N3O/c1-19(2)15-16-7-8-18(22-4)17(14-16)6-5-9-21-12-10-20(3)11-13-21/h7-8,14H,5-6,9-13,15H2,1-4H3. The largest absolute Gasteiger partial charge is 0.496 e. The molecule has 1 aromatic rings. The number of piperazine rings is 1. The molecule has 22 heavy (non-hydrogen) atoms. The average Bonchev–Trinajstić information content (AvgIpc) is 2.49. The number of hydrogen-bond acceptors (Lipinski definition) is 4. The Labute approximate surface area is 135 Å². The number of nitrogens with zero attached hydrogens (tertiary/aromatic N) is 3. The molecular weight excluding hydrogens is 274 g/mol. The van der Waals surface area contributed by atoms with Crippen LogP contribution in [0.25, 0.3) is 0 Å². The predicted molar refractivity (Wildman–Crippen MR) is 92.6 cm³/mol. The van der Waals surface area contributed by atoms with Gasteiger partial charge in [-0.05, 0) is 57.7 Å². The minimum Gasteiger partial charge on any atom is -0.496 e. The zero-order valence-electron chi connectivity index (χ0n) is 14.6. The van der Waals surface area contributed by atoms with Gasteiger partial charge in [-0.15, -0.1) is 0 Å². The topological polar surface area (TPSA) is 19.0 Å². The molecule has 4 nitrogen and oxygen atoms in total. The number of methoxy groups -OCH3 is 1. The summed E-state index contributed by atoms with van der Waals surface area (Å²) in [6, 6.07) is 6.59. The Morgan fingerprint density at radius 2 is 1.86 bits per heavy atom. The van der Waals surface area contributed by atoms with E-state index in [9.17, 15) is 0 Å². The van der Waals surface area contributed by atoms with Crippen molar-refractivity contribution in [2.24, 2.45) is 0 Å². The maximum absolute atomic E-state index is 5.53. The fourth-order valence-corrected chi connectivity index (χ4v) is 3.06. The molecule has 0 aliphatic carbocycles. The van der Waals surface area contributed by atoms with Crippen LogP contribution in [0.1, 0.15) is 17.5 Å². The zero-order chi connectivity index (χ0) is 15.9. The van der Waals surface area contributed by atoms with Crippen LogP contribution in [-0.4, -0.2) is 75.7 Å². The van der Waals surface area contributed by atoms with E-state index < -0.39 is 0 Å². The van der Waals surface area contributed by atoms with Gasteiger partial charge in [0.1, 0.15) is 5.75 Å². The third-order valence-electron chi connectivity index (χ3n) is 4.36. The molecule has 1 aliphatic rings. The van der Waals surface area contributed by atoms with E-state index in [2.05, 4.69) is 54.0 Å². The molecule has 2 rings (SSSR count). The molecule has 1 fully saturated rings. The number of benzene rings is 1. The molecule has 1 aliphatic heterocycles. The molecule has 0 bridgehead atoms. The first-order chi connectivity index (χ1) is 10.6. The highest BCUT2D eigenvalue weighted by Gasteiger charge is 2.13.